The van der Waals surface area contributed by atoms with Crippen LogP contribution < -0.4 is 5.32 Å². The van der Waals surface area contributed by atoms with Crippen molar-refractivity contribution in [2.75, 3.05) is 5.32 Å². The van der Waals surface area contributed by atoms with Crippen molar-refractivity contribution in [3.05, 3.63) is 35.9 Å². The lowest BCUT2D eigenvalue weighted by molar-refractivity contribution is -0.131. The molecule has 1 amide bonds. The highest BCUT2D eigenvalue weighted by Gasteiger charge is 1.99. The summed E-state index contributed by atoms with van der Waals surface area (Å²) < 4.78 is 0. The van der Waals surface area contributed by atoms with Gasteiger partial charge in [-0.15, -0.1) is 0 Å². The van der Waals surface area contributed by atoms with E-state index in [1.54, 1.807) is 24.3 Å². The summed E-state index contributed by atoms with van der Waals surface area (Å²) in [4.78, 5) is 21.6. The van der Waals surface area contributed by atoms with Crippen LogP contribution in [-0.4, -0.2) is 17.0 Å². The molecule has 1 aromatic carbocycles. The molecule has 0 spiro atoms. The van der Waals surface area contributed by atoms with Gasteiger partial charge in [-0.1, -0.05) is 19.1 Å². The summed E-state index contributed by atoms with van der Waals surface area (Å²) in [5.41, 5.74) is 1.50. The molecule has 17 heavy (non-hydrogen) atoms. The molecule has 0 aromatic heterocycles. The average Bonchev–Trinajstić information content (AvgIpc) is 2.28. The Bertz CT molecular complexity index is 421. The van der Waals surface area contributed by atoms with Crippen molar-refractivity contribution in [2.45, 2.75) is 19.8 Å². The number of benzene rings is 1. The number of carbonyl (C=O) groups is 2. The Morgan fingerprint density at radius 1 is 1.29 bits per heavy atom. The number of nitrogens with one attached hydrogen (secondary N) is 1. The molecule has 4 heteroatoms. The normalized spacial score (nSPS) is 10.4. The van der Waals surface area contributed by atoms with Gasteiger partial charge in [0.15, 0.2) is 0 Å². The van der Waals surface area contributed by atoms with Crippen LogP contribution in [0.1, 0.15) is 25.3 Å². The Kier molecular flexibility index (Phi) is 4.94. The fraction of sp³-hybridized carbons (Fsp3) is 0.231. The Hall–Kier alpha value is -2.10. The minimum Gasteiger partial charge on any atom is -0.478 e. The molecule has 0 saturated carbocycles. The van der Waals surface area contributed by atoms with Crippen molar-refractivity contribution < 1.29 is 14.7 Å². The zero-order chi connectivity index (χ0) is 12.7. The van der Waals surface area contributed by atoms with Crippen LogP contribution in [0.3, 0.4) is 0 Å². The Balaban J connectivity index is 2.62. The molecule has 0 aliphatic carbocycles. The number of aliphatic carboxylic acids is 1. The molecule has 0 saturated heterocycles. The number of carbonyl (C=O) groups excluding carboxylic acids is 1. The third-order valence-corrected chi connectivity index (χ3v) is 2.09. The van der Waals surface area contributed by atoms with Gasteiger partial charge >= 0.3 is 5.97 Å². The number of anilines is 1. The smallest absolute Gasteiger partial charge is 0.328 e. The maximum atomic E-state index is 11.3. The molecule has 2 N–H and O–H groups in total. The van der Waals surface area contributed by atoms with Crippen molar-refractivity contribution in [2.24, 2.45) is 0 Å². The van der Waals surface area contributed by atoms with Crippen molar-refractivity contribution in [3.8, 4) is 0 Å². The van der Waals surface area contributed by atoms with Crippen LogP contribution in [0.4, 0.5) is 5.69 Å². The van der Waals surface area contributed by atoms with Gasteiger partial charge in [0.05, 0.1) is 0 Å². The van der Waals surface area contributed by atoms with Crippen molar-refractivity contribution >= 4 is 23.6 Å². The maximum absolute atomic E-state index is 11.3. The van der Waals surface area contributed by atoms with Crippen LogP contribution in [-0.2, 0) is 9.59 Å². The second-order valence-corrected chi connectivity index (χ2v) is 3.59. The predicted molar refractivity (Wildman–Crippen MR) is 66.6 cm³/mol. The van der Waals surface area contributed by atoms with E-state index in [2.05, 4.69) is 5.32 Å². The van der Waals surface area contributed by atoms with Crippen LogP contribution in [0.15, 0.2) is 30.3 Å². The highest BCUT2D eigenvalue weighted by Crippen LogP contribution is 2.11. The minimum atomic E-state index is -0.981. The van der Waals surface area contributed by atoms with Gasteiger partial charge in [0, 0.05) is 18.2 Å². The molecule has 0 atom stereocenters. The van der Waals surface area contributed by atoms with Gasteiger partial charge in [0.2, 0.25) is 5.91 Å². The number of carboxylic acid groups (broad SMARTS) is 1. The van der Waals surface area contributed by atoms with Gasteiger partial charge in [-0.3, -0.25) is 4.79 Å². The van der Waals surface area contributed by atoms with Gasteiger partial charge in [-0.2, -0.15) is 0 Å². The summed E-state index contributed by atoms with van der Waals surface area (Å²) in [6.07, 6.45) is 3.89. The zero-order valence-electron chi connectivity index (χ0n) is 9.64. The van der Waals surface area contributed by atoms with E-state index in [-0.39, 0.29) is 5.91 Å². The number of hydrogen-bond acceptors (Lipinski definition) is 2. The van der Waals surface area contributed by atoms with E-state index in [9.17, 15) is 9.59 Å². The molecule has 0 bridgehead atoms. The first kappa shape index (κ1) is 13.0. The van der Waals surface area contributed by atoms with Crippen LogP contribution in [0.25, 0.3) is 6.08 Å². The van der Waals surface area contributed by atoms with E-state index >= 15 is 0 Å². The molecular formula is C13H15NO3. The van der Waals surface area contributed by atoms with Crippen LogP contribution in [0.2, 0.25) is 0 Å². The van der Waals surface area contributed by atoms with Crippen LogP contribution in [0.5, 0.6) is 0 Å². The molecule has 1 rings (SSSR count). The zero-order valence-corrected chi connectivity index (χ0v) is 9.64. The number of carboxylic acids is 1. The van der Waals surface area contributed by atoms with Gasteiger partial charge < -0.3 is 10.4 Å². The Morgan fingerprint density at radius 3 is 2.47 bits per heavy atom. The van der Waals surface area contributed by atoms with E-state index in [0.29, 0.717) is 6.42 Å². The highest BCUT2D eigenvalue weighted by molar-refractivity contribution is 5.91. The number of amides is 1. The summed E-state index contributed by atoms with van der Waals surface area (Å²) in [6.45, 7) is 1.94. The first-order chi connectivity index (χ1) is 8.11. The first-order valence-electron chi connectivity index (χ1n) is 5.42. The summed E-state index contributed by atoms with van der Waals surface area (Å²) in [6, 6.07) is 6.99. The molecule has 0 aliphatic heterocycles. The van der Waals surface area contributed by atoms with Gasteiger partial charge in [-0.25, -0.2) is 4.79 Å². The van der Waals surface area contributed by atoms with Gasteiger partial charge in [0.1, 0.15) is 0 Å². The molecular weight excluding hydrogens is 218 g/mol. The third-order valence-electron chi connectivity index (χ3n) is 2.09. The minimum absolute atomic E-state index is 0.0127. The fourth-order valence-electron chi connectivity index (χ4n) is 1.30. The van der Waals surface area contributed by atoms with Crippen molar-refractivity contribution in [1.82, 2.24) is 0 Å². The standard InChI is InChI=1S/C13H15NO3/c1-2-3-12(15)14-11-7-4-10(5-8-11)6-9-13(16)17/h4-9H,2-3H2,1H3,(H,14,15)(H,16,17)/b9-6+. The monoisotopic (exact) mass is 233 g/mol. The summed E-state index contributed by atoms with van der Waals surface area (Å²) in [7, 11) is 0. The summed E-state index contributed by atoms with van der Waals surface area (Å²) in [5, 5.41) is 11.2. The van der Waals surface area contributed by atoms with Crippen LogP contribution >= 0.6 is 0 Å². The topological polar surface area (TPSA) is 66.4 Å². The molecule has 0 fully saturated rings. The summed E-state index contributed by atoms with van der Waals surface area (Å²) in [5.74, 6) is -0.994. The highest BCUT2D eigenvalue weighted by atomic mass is 16.4. The lowest BCUT2D eigenvalue weighted by Gasteiger charge is -2.04. The lowest BCUT2D eigenvalue weighted by atomic mass is 10.2. The Labute approximate surface area is 100.0 Å². The molecule has 0 heterocycles. The van der Waals surface area contributed by atoms with E-state index < -0.39 is 5.97 Å². The lowest BCUT2D eigenvalue weighted by Crippen LogP contribution is -2.10. The molecule has 0 unspecified atom stereocenters. The quantitative estimate of drug-likeness (QED) is 0.768. The first-order valence-corrected chi connectivity index (χ1v) is 5.42. The predicted octanol–water partition coefficient (Wildman–Crippen LogP) is 2.52. The molecule has 4 nitrogen and oxygen atoms in total. The number of rotatable bonds is 5. The Morgan fingerprint density at radius 2 is 1.94 bits per heavy atom. The van der Waals surface area contributed by atoms with E-state index in [0.717, 1.165) is 23.7 Å². The molecule has 90 valence electrons. The second kappa shape index (κ2) is 6.48. The SMILES string of the molecule is CCCC(=O)Nc1ccc(/C=C/C(=O)O)cc1. The maximum Gasteiger partial charge on any atom is 0.328 e. The van der Waals surface area contributed by atoms with Crippen molar-refractivity contribution in [3.63, 3.8) is 0 Å². The molecule has 0 radical (unpaired) electrons. The number of hydrogen-bond donors (Lipinski definition) is 2. The summed E-state index contributed by atoms with van der Waals surface area (Å²) >= 11 is 0. The van der Waals surface area contributed by atoms with E-state index in [1.807, 2.05) is 6.92 Å². The average molecular weight is 233 g/mol. The largest absolute Gasteiger partial charge is 0.478 e. The fourth-order valence-corrected chi connectivity index (χ4v) is 1.30. The van der Waals surface area contributed by atoms with Gasteiger partial charge in [-0.05, 0) is 30.2 Å². The van der Waals surface area contributed by atoms with Crippen LogP contribution in [0, 0.1) is 0 Å². The molecule has 1 aromatic rings. The second-order valence-electron chi connectivity index (χ2n) is 3.59. The van der Waals surface area contributed by atoms with E-state index in [4.69, 9.17) is 5.11 Å². The molecule has 0 aliphatic rings. The van der Waals surface area contributed by atoms with Crippen molar-refractivity contribution in [1.29, 1.82) is 0 Å². The third kappa shape index (κ3) is 4.97. The van der Waals surface area contributed by atoms with Gasteiger partial charge in [0.25, 0.3) is 0 Å². The van der Waals surface area contributed by atoms with E-state index in [1.165, 1.54) is 6.08 Å².